The first-order chi connectivity index (χ1) is 15.0. The Hall–Kier alpha value is -2.97. The van der Waals surface area contributed by atoms with Crippen molar-refractivity contribution in [3.63, 3.8) is 0 Å². The van der Waals surface area contributed by atoms with E-state index in [2.05, 4.69) is 15.6 Å². The zero-order chi connectivity index (χ0) is 21.8. The van der Waals surface area contributed by atoms with Gasteiger partial charge in [-0.2, -0.15) is 0 Å². The molecule has 1 saturated heterocycles. The van der Waals surface area contributed by atoms with Crippen molar-refractivity contribution in [1.29, 1.82) is 0 Å². The third-order valence-electron chi connectivity index (χ3n) is 5.35. The van der Waals surface area contributed by atoms with Crippen LogP contribution < -0.4 is 10.2 Å². The third-order valence-corrected chi connectivity index (χ3v) is 6.30. The highest BCUT2D eigenvalue weighted by molar-refractivity contribution is 7.13. The van der Waals surface area contributed by atoms with Crippen LogP contribution in [0.1, 0.15) is 51.4 Å². The van der Waals surface area contributed by atoms with Crippen molar-refractivity contribution in [1.82, 2.24) is 9.55 Å². The van der Waals surface area contributed by atoms with Crippen LogP contribution in [0.5, 0.6) is 0 Å². The Morgan fingerprint density at radius 1 is 1.19 bits per heavy atom. The standard InChI is InChI=1S/C23H26N4O3S/c1-16-10-20(22(30)24-18-7-5-6-17(11-18)21(29)14-28)27(12-16)13-19-15-31-23(25-19)26-8-3-2-4-9-26/h5-7,10-12,15,28H,2-4,8-9,13-14H2,1H3,(H,24,30). The molecular formula is C23H26N4O3S. The van der Waals surface area contributed by atoms with Crippen molar-refractivity contribution < 1.29 is 14.7 Å². The van der Waals surface area contributed by atoms with Gasteiger partial charge in [0.05, 0.1) is 12.2 Å². The number of thiazole rings is 1. The van der Waals surface area contributed by atoms with Crippen LogP contribution in [0.3, 0.4) is 0 Å². The SMILES string of the molecule is Cc1cc(C(=O)Nc2cccc(C(=O)CO)c2)n(Cc2csc(N3CCCCC3)n2)c1. The minimum Gasteiger partial charge on any atom is -0.388 e. The largest absolute Gasteiger partial charge is 0.388 e. The van der Waals surface area contributed by atoms with Crippen molar-refractivity contribution in [2.75, 3.05) is 29.9 Å². The number of Topliss-reactive ketones (excluding diaryl/α,β-unsaturated/α-hetero) is 1. The van der Waals surface area contributed by atoms with E-state index >= 15 is 0 Å². The summed E-state index contributed by atoms with van der Waals surface area (Å²) in [5.41, 5.74) is 3.32. The summed E-state index contributed by atoms with van der Waals surface area (Å²) in [5.74, 6) is -0.642. The number of nitrogens with one attached hydrogen (secondary N) is 1. The van der Waals surface area contributed by atoms with Gasteiger partial charge in [-0.1, -0.05) is 12.1 Å². The zero-order valence-electron chi connectivity index (χ0n) is 17.5. The van der Waals surface area contributed by atoms with Gasteiger partial charge < -0.3 is 19.9 Å². The highest BCUT2D eigenvalue weighted by atomic mass is 32.1. The molecule has 162 valence electrons. The van der Waals surface area contributed by atoms with Gasteiger partial charge in [-0.3, -0.25) is 9.59 Å². The summed E-state index contributed by atoms with van der Waals surface area (Å²) in [6.45, 7) is 4.02. The molecular weight excluding hydrogens is 412 g/mol. The fourth-order valence-corrected chi connectivity index (χ4v) is 4.68. The average Bonchev–Trinajstić information content (AvgIpc) is 3.40. The molecule has 8 heteroatoms. The minimum absolute atomic E-state index is 0.256. The molecule has 0 saturated carbocycles. The molecule has 1 aromatic carbocycles. The first kappa shape index (κ1) is 21.3. The molecule has 1 fully saturated rings. The second kappa shape index (κ2) is 9.45. The highest BCUT2D eigenvalue weighted by Gasteiger charge is 2.17. The molecule has 0 radical (unpaired) electrons. The number of piperidine rings is 1. The number of ketones is 1. The minimum atomic E-state index is -0.563. The summed E-state index contributed by atoms with van der Waals surface area (Å²) in [6.07, 6.45) is 5.65. The molecule has 0 spiro atoms. The number of amides is 1. The van der Waals surface area contributed by atoms with Gasteiger partial charge in [0, 0.05) is 35.9 Å². The average molecular weight is 439 g/mol. The van der Waals surface area contributed by atoms with Crippen LogP contribution >= 0.6 is 11.3 Å². The Morgan fingerprint density at radius 3 is 2.77 bits per heavy atom. The van der Waals surface area contributed by atoms with Gasteiger partial charge in [-0.15, -0.1) is 11.3 Å². The number of benzene rings is 1. The van der Waals surface area contributed by atoms with Crippen LogP contribution in [0, 0.1) is 6.92 Å². The molecule has 1 aliphatic heterocycles. The Morgan fingerprint density at radius 2 is 2.00 bits per heavy atom. The predicted octanol–water partition coefficient (Wildman–Crippen LogP) is 3.72. The lowest BCUT2D eigenvalue weighted by molar-refractivity contribution is 0.0903. The van der Waals surface area contributed by atoms with E-state index in [0.717, 1.165) is 29.5 Å². The van der Waals surface area contributed by atoms with E-state index in [1.807, 2.05) is 23.8 Å². The predicted molar refractivity (Wildman–Crippen MR) is 122 cm³/mol. The van der Waals surface area contributed by atoms with Gasteiger partial charge >= 0.3 is 0 Å². The summed E-state index contributed by atoms with van der Waals surface area (Å²) < 4.78 is 1.91. The number of hydrogen-bond acceptors (Lipinski definition) is 6. The number of anilines is 2. The van der Waals surface area contributed by atoms with Crippen LogP contribution in [0.4, 0.5) is 10.8 Å². The van der Waals surface area contributed by atoms with E-state index in [-0.39, 0.29) is 11.7 Å². The summed E-state index contributed by atoms with van der Waals surface area (Å²) in [6, 6.07) is 8.43. The molecule has 3 heterocycles. The van der Waals surface area contributed by atoms with Crippen molar-refractivity contribution in [3.05, 3.63) is 64.4 Å². The summed E-state index contributed by atoms with van der Waals surface area (Å²) in [7, 11) is 0. The summed E-state index contributed by atoms with van der Waals surface area (Å²) in [4.78, 5) is 31.8. The Labute approximate surface area is 185 Å². The Bertz CT molecular complexity index is 1080. The van der Waals surface area contributed by atoms with E-state index in [1.54, 1.807) is 35.6 Å². The quantitative estimate of drug-likeness (QED) is 0.549. The fraction of sp³-hybridized carbons (Fsp3) is 0.348. The van der Waals surface area contributed by atoms with Gasteiger partial charge in [0.25, 0.3) is 5.91 Å². The van der Waals surface area contributed by atoms with Crippen LogP contribution in [-0.4, -0.2) is 46.0 Å². The lowest BCUT2D eigenvalue weighted by Gasteiger charge is -2.25. The number of aliphatic hydroxyl groups is 1. The molecule has 0 atom stereocenters. The third kappa shape index (κ3) is 5.03. The van der Waals surface area contributed by atoms with Gasteiger partial charge in [0.2, 0.25) is 0 Å². The second-order valence-electron chi connectivity index (χ2n) is 7.82. The summed E-state index contributed by atoms with van der Waals surface area (Å²) >= 11 is 1.65. The van der Waals surface area contributed by atoms with Gasteiger partial charge in [0.1, 0.15) is 12.3 Å². The molecule has 31 heavy (non-hydrogen) atoms. The Kier molecular flexibility index (Phi) is 6.48. The highest BCUT2D eigenvalue weighted by Crippen LogP contribution is 2.25. The lowest BCUT2D eigenvalue weighted by atomic mass is 10.1. The molecule has 1 amide bonds. The van der Waals surface area contributed by atoms with Gasteiger partial charge in [-0.25, -0.2) is 4.98 Å². The van der Waals surface area contributed by atoms with Crippen LogP contribution in [0.2, 0.25) is 0 Å². The van der Waals surface area contributed by atoms with E-state index in [0.29, 0.717) is 23.5 Å². The Balaban J connectivity index is 1.49. The monoisotopic (exact) mass is 438 g/mol. The second-order valence-corrected chi connectivity index (χ2v) is 8.65. The molecule has 7 nitrogen and oxygen atoms in total. The summed E-state index contributed by atoms with van der Waals surface area (Å²) in [5, 5.41) is 15.0. The maximum absolute atomic E-state index is 12.9. The molecule has 4 rings (SSSR count). The van der Waals surface area contributed by atoms with Crippen molar-refractivity contribution in [3.8, 4) is 0 Å². The van der Waals surface area contributed by atoms with Crippen molar-refractivity contribution >= 4 is 33.8 Å². The van der Waals surface area contributed by atoms with Gasteiger partial charge in [-0.05, 0) is 49.9 Å². The lowest BCUT2D eigenvalue weighted by Crippen LogP contribution is -2.29. The number of carbonyl (C=O) groups excluding carboxylic acids is 2. The smallest absolute Gasteiger partial charge is 0.272 e. The fourth-order valence-electron chi connectivity index (χ4n) is 3.81. The van der Waals surface area contributed by atoms with Crippen molar-refractivity contribution in [2.45, 2.75) is 32.7 Å². The van der Waals surface area contributed by atoms with Crippen molar-refractivity contribution in [2.24, 2.45) is 0 Å². The molecule has 0 bridgehead atoms. The van der Waals surface area contributed by atoms with Crippen LogP contribution in [0.15, 0.2) is 41.9 Å². The molecule has 2 N–H and O–H groups in total. The zero-order valence-corrected chi connectivity index (χ0v) is 18.3. The topological polar surface area (TPSA) is 87.5 Å². The van der Waals surface area contributed by atoms with E-state index in [9.17, 15) is 9.59 Å². The first-order valence-electron chi connectivity index (χ1n) is 10.4. The first-order valence-corrected chi connectivity index (χ1v) is 11.3. The number of hydrogen-bond donors (Lipinski definition) is 2. The molecule has 1 aliphatic rings. The number of aryl methyl sites for hydroxylation is 1. The number of aromatic nitrogens is 2. The molecule has 0 aliphatic carbocycles. The maximum atomic E-state index is 12.9. The van der Waals surface area contributed by atoms with E-state index in [4.69, 9.17) is 10.1 Å². The van der Waals surface area contributed by atoms with Crippen LogP contribution in [-0.2, 0) is 6.54 Å². The number of nitrogens with zero attached hydrogens (tertiary/aromatic N) is 3. The number of aliphatic hydroxyl groups excluding tert-OH is 1. The molecule has 2 aromatic heterocycles. The molecule has 0 unspecified atom stereocenters. The van der Waals surface area contributed by atoms with E-state index < -0.39 is 6.61 Å². The number of carbonyl (C=O) groups is 2. The normalized spacial score (nSPS) is 13.9. The van der Waals surface area contributed by atoms with Gasteiger partial charge in [0.15, 0.2) is 10.9 Å². The van der Waals surface area contributed by atoms with Crippen LogP contribution in [0.25, 0.3) is 0 Å². The molecule has 3 aromatic rings. The van der Waals surface area contributed by atoms with E-state index in [1.165, 1.54) is 19.3 Å². The number of rotatable bonds is 7. The maximum Gasteiger partial charge on any atom is 0.272 e.